The van der Waals surface area contributed by atoms with Crippen LogP contribution in [0.3, 0.4) is 0 Å². The molecule has 0 amide bonds. The molecule has 2 aromatic carbocycles. The molecule has 0 aromatic heterocycles. The highest BCUT2D eigenvalue weighted by Gasteiger charge is 2.24. The van der Waals surface area contributed by atoms with Gasteiger partial charge in [-0.25, -0.2) is 0 Å². The van der Waals surface area contributed by atoms with E-state index in [1.54, 1.807) is 36.4 Å². The van der Waals surface area contributed by atoms with Crippen LogP contribution in [0, 0.1) is 13.8 Å². The fourth-order valence-electron chi connectivity index (χ4n) is 2.73. The lowest BCUT2D eigenvalue weighted by Crippen LogP contribution is -2.35. The predicted octanol–water partition coefficient (Wildman–Crippen LogP) is 3.04. The van der Waals surface area contributed by atoms with Crippen LogP contribution in [0.25, 0.3) is 0 Å². The molecular formula is C20H27NO6S2. The van der Waals surface area contributed by atoms with Gasteiger partial charge >= 0.3 is 0 Å². The lowest BCUT2D eigenvalue weighted by Gasteiger charge is -2.28. The number of rotatable bonds is 4. The molecule has 0 atom stereocenters. The predicted molar refractivity (Wildman–Crippen MR) is 111 cm³/mol. The Kier molecular flexibility index (Phi) is 7.95. The van der Waals surface area contributed by atoms with Crippen molar-refractivity contribution in [1.82, 2.24) is 4.90 Å². The van der Waals surface area contributed by atoms with E-state index in [1.165, 1.54) is 12.1 Å². The third kappa shape index (κ3) is 7.52. The lowest BCUT2D eigenvalue weighted by atomic mass is 10.1. The average molecular weight is 442 g/mol. The minimum absolute atomic E-state index is 0.0666. The Balaban J connectivity index is 0.000000234. The standard InChI is InChI=1S/C13H19NO3S.C7H8O3S/c1-11-3-5-13(6-4-11)18(15,16)17-12-7-9-14(2)10-8-12;1-6-2-4-7(5-3-6)11(8,9)10/h3-6,12H,7-10H2,1-2H3;2-5H,1H3,(H,8,9,10). The van der Waals surface area contributed by atoms with Crippen LogP contribution in [0.5, 0.6) is 0 Å². The zero-order valence-electron chi connectivity index (χ0n) is 16.8. The molecule has 0 aliphatic carbocycles. The van der Waals surface area contributed by atoms with Gasteiger partial charge in [0.2, 0.25) is 0 Å². The summed E-state index contributed by atoms with van der Waals surface area (Å²) in [4.78, 5) is 2.35. The van der Waals surface area contributed by atoms with E-state index >= 15 is 0 Å². The molecule has 1 aliphatic rings. The monoisotopic (exact) mass is 441 g/mol. The molecule has 29 heavy (non-hydrogen) atoms. The SMILES string of the molecule is Cc1ccc(S(=O)(=O)O)cc1.Cc1ccc(S(=O)(=O)OC2CCN(C)CC2)cc1. The van der Waals surface area contributed by atoms with Gasteiger partial charge in [0.1, 0.15) is 0 Å². The molecule has 1 aliphatic heterocycles. The molecule has 9 heteroatoms. The van der Waals surface area contributed by atoms with Gasteiger partial charge in [0.15, 0.2) is 0 Å². The van der Waals surface area contributed by atoms with Crippen molar-refractivity contribution in [2.75, 3.05) is 20.1 Å². The van der Waals surface area contributed by atoms with Crippen molar-refractivity contribution in [2.24, 2.45) is 0 Å². The molecule has 1 N–H and O–H groups in total. The Labute approximate surface area is 173 Å². The van der Waals surface area contributed by atoms with Crippen molar-refractivity contribution in [3.8, 4) is 0 Å². The summed E-state index contributed by atoms with van der Waals surface area (Å²) in [5, 5.41) is 0. The molecule has 0 unspecified atom stereocenters. The van der Waals surface area contributed by atoms with Crippen molar-refractivity contribution < 1.29 is 25.6 Å². The number of benzene rings is 2. The molecule has 3 rings (SSSR count). The van der Waals surface area contributed by atoms with Crippen LogP contribution < -0.4 is 0 Å². The van der Waals surface area contributed by atoms with Crippen LogP contribution >= 0.6 is 0 Å². The minimum Gasteiger partial charge on any atom is -0.306 e. The molecule has 1 saturated heterocycles. The highest BCUT2D eigenvalue weighted by atomic mass is 32.2. The molecule has 160 valence electrons. The molecule has 1 fully saturated rings. The van der Waals surface area contributed by atoms with E-state index in [0.29, 0.717) is 0 Å². The Bertz CT molecular complexity index is 992. The van der Waals surface area contributed by atoms with Crippen LogP contribution in [-0.4, -0.2) is 52.5 Å². The van der Waals surface area contributed by atoms with Crippen LogP contribution in [0.2, 0.25) is 0 Å². The summed E-state index contributed by atoms with van der Waals surface area (Å²) in [7, 11) is -5.60. The first-order chi connectivity index (χ1) is 13.5. The van der Waals surface area contributed by atoms with Gasteiger partial charge in [0.05, 0.1) is 15.9 Å². The first-order valence-electron chi connectivity index (χ1n) is 9.20. The van der Waals surface area contributed by atoms with Crippen LogP contribution in [-0.2, 0) is 24.4 Å². The van der Waals surface area contributed by atoms with E-state index in [4.69, 9.17) is 8.74 Å². The highest BCUT2D eigenvalue weighted by molar-refractivity contribution is 7.86. The van der Waals surface area contributed by atoms with Gasteiger partial charge in [0, 0.05) is 13.1 Å². The second-order valence-corrected chi connectivity index (χ2v) is 10.1. The Morgan fingerprint density at radius 1 is 0.828 bits per heavy atom. The summed E-state index contributed by atoms with van der Waals surface area (Å²) in [5.41, 5.74) is 1.99. The maximum absolute atomic E-state index is 12.1. The summed E-state index contributed by atoms with van der Waals surface area (Å²) in [6.07, 6.45) is 1.34. The number of aryl methyl sites for hydroxylation is 2. The van der Waals surface area contributed by atoms with E-state index in [9.17, 15) is 16.8 Å². The molecule has 7 nitrogen and oxygen atoms in total. The van der Waals surface area contributed by atoms with Gasteiger partial charge < -0.3 is 4.90 Å². The average Bonchev–Trinajstić information content (AvgIpc) is 2.64. The molecule has 1 heterocycles. The van der Waals surface area contributed by atoms with Crippen LogP contribution in [0.1, 0.15) is 24.0 Å². The van der Waals surface area contributed by atoms with Gasteiger partial charge in [-0.3, -0.25) is 8.74 Å². The third-order valence-corrected chi connectivity index (χ3v) is 6.80. The number of hydrogen-bond donors (Lipinski definition) is 1. The quantitative estimate of drug-likeness (QED) is 0.575. The van der Waals surface area contributed by atoms with Crippen LogP contribution in [0.15, 0.2) is 58.3 Å². The molecule has 0 spiro atoms. The number of likely N-dealkylation sites (tertiary alicyclic amines) is 1. The summed E-state index contributed by atoms with van der Waals surface area (Å²) >= 11 is 0. The summed E-state index contributed by atoms with van der Waals surface area (Å²) < 4.78 is 59.0. The first-order valence-corrected chi connectivity index (χ1v) is 12.0. The van der Waals surface area contributed by atoms with E-state index < -0.39 is 20.2 Å². The van der Waals surface area contributed by atoms with Gasteiger partial charge in [-0.2, -0.15) is 16.8 Å². The minimum atomic E-state index is -4.02. The molecule has 0 radical (unpaired) electrons. The van der Waals surface area contributed by atoms with Crippen molar-refractivity contribution in [3.05, 3.63) is 59.7 Å². The first kappa shape index (κ1) is 23.5. The van der Waals surface area contributed by atoms with Crippen molar-refractivity contribution in [1.29, 1.82) is 0 Å². The van der Waals surface area contributed by atoms with Gasteiger partial charge in [0.25, 0.3) is 20.2 Å². The second kappa shape index (κ2) is 9.82. The van der Waals surface area contributed by atoms with E-state index in [1.807, 2.05) is 20.9 Å². The zero-order valence-corrected chi connectivity index (χ0v) is 18.4. The zero-order chi connectivity index (χ0) is 21.7. The number of piperidine rings is 1. The smallest absolute Gasteiger partial charge is 0.297 e. The van der Waals surface area contributed by atoms with Crippen molar-refractivity contribution >= 4 is 20.2 Å². The van der Waals surface area contributed by atoms with E-state index in [0.717, 1.165) is 37.1 Å². The maximum atomic E-state index is 12.1. The van der Waals surface area contributed by atoms with Crippen LogP contribution in [0.4, 0.5) is 0 Å². The maximum Gasteiger partial charge on any atom is 0.297 e. The van der Waals surface area contributed by atoms with Crippen molar-refractivity contribution in [3.63, 3.8) is 0 Å². The van der Waals surface area contributed by atoms with Gasteiger partial charge in [-0.1, -0.05) is 35.4 Å². The fourth-order valence-corrected chi connectivity index (χ4v) is 4.34. The number of nitrogens with zero attached hydrogens (tertiary/aromatic N) is 1. The van der Waals surface area contributed by atoms with Gasteiger partial charge in [-0.05, 0) is 58.0 Å². The second-order valence-electron chi connectivity index (χ2n) is 7.15. The van der Waals surface area contributed by atoms with E-state index in [-0.39, 0.29) is 15.9 Å². The lowest BCUT2D eigenvalue weighted by molar-refractivity contribution is 0.120. The molecule has 0 bridgehead atoms. The normalized spacial score (nSPS) is 16.1. The fraction of sp³-hybridized carbons (Fsp3) is 0.400. The summed E-state index contributed by atoms with van der Waals surface area (Å²) in [5.74, 6) is 0. The molecule has 2 aromatic rings. The highest BCUT2D eigenvalue weighted by Crippen LogP contribution is 2.20. The summed E-state index contributed by atoms with van der Waals surface area (Å²) in [6, 6.07) is 12.7. The van der Waals surface area contributed by atoms with Crippen molar-refractivity contribution in [2.45, 2.75) is 42.6 Å². The molecular weight excluding hydrogens is 414 g/mol. The largest absolute Gasteiger partial charge is 0.306 e. The topological polar surface area (TPSA) is 101 Å². The summed E-state index contributed by atoms with van der Waals surface area (Å²) in [6.45, 7) is 5.53. The van der Waals surface area contributed by atoms with E-state index in [2.05, 4.69) is 4.90 Å². The van der Waals surface area contributed by atoms with Gasteiger partial charge in [-0.15, -0.1) is 0 Å². The molecule has 0 saturated carbocycles. The number of hydrogen-bond acceptors (Lipinski definition) is 6. The third-order valence-electron chi connectivity index (χ3n) is 4.56. The Morgan fingerprint density at radius 2 is 1.24 bits per heavy atom. The Hall–Kier alpha value is -1.78. The Morgan fingerprint density at radius 3 is 1.66 bits per heavy atom.